The third-order valence-corrected chi connectivity index (χ3v) is 3.72. The number of benzene rings is 1. The summed E-state index contributed by atoms with van der Waals surface area (Å²) in [4.78, 5) is 18.6. The number of methoxy groups -OCH3 is 1. The van der Waals surface area contributed by atoms with Gasteiger partial charge in [0.15, 0.2) is 5.75 Å². The van der Waals surface area contributed by atoms with E-state index in [-0.39, 0.29) is 12.0 Å². The summed E-state index contributed by atoms with van der Waals surface area (Å²) < 4.78 is 10.9. The van der Waals surface area contributed by atoms with Crippen LogP contribution >= 0.6 is 11.6 Å². The quantitative estimate of drug-likeness (QED) is 0.853. The van der Waals surface area contributed by atoms with Crippen LogP contribution in [0.25, 0.3) is 0 Å². The van der Waals surface area contributed by atoms with E-state index in [2.05, 4.69) is 4.98 Å². The van der Waals surface area contributed by atoms with E-state index in [1.54, 1.807) is 42.5 Å². The van der Waals surface area contributed by atoms with Gasteiger partial charge in [0.05, 0.1) is 24.4 Å². The summed E-state index contributed by atoms with van der Waals surface area (Å²) in [5.74, 6) is 0.905. The monoisotopic (exact) mass is 318 g/mol. The number of amides is 1. The van der Waals surface area contributed by atoms with Crippen LogP contribution in [0.2, 0.25) is 5.02 Å². The fraction of sp³-hybridized carbons (Fsp3) is 0.250. The standard InChI is InChI=1S/C16H15ClN2O3/c1-10-9-19(14-5-3-4-12(17)15(14)22-10)16(20)13-8-11(21-2)6-7-18-13/h3-8,10H,9H2,1-2H3/t10-/m1/s1. The van der Waals surface area contributed by atoms with Gasteiger partial charge in [-0.2, -0.15) is 0 Å². The number of para-hydroxylation sites is 1. The van der Waals surface area contributed by atoms with Gasteiger partial charge in [0.1, 0.15) is 17.5 Å². The lowest BCUT2D eigenvalue weighted by atomic mass is 10.1. The van der Waals surface area contributed by atoms with E-state index in [0.717, 1.165) is 0 Å². The SMILES string of the molecule is COc1ccnc(C(=O)N2C[C@@H](C)Oc3c(Cl)cccc32)c1. The van der Waals surface area contributed by atoms with Gasteiger partial charge in [-0.15, -0.1) is 0 Å². The molecule has 0 aliphatic carbocycles. The van der Waals surface area contributed by atoms with Crippen LogP contribution < -0.4 is 14.4 Å². The van der Waals surface area contributed by atoms with E-state index in [1.165, 1.54) is 0 Å². The fourth-order valence-electron chi connectivity index (χ4n) is 2.41. The number of hydrogen-bond acceptors (Lipinski definition) is 4. The molecule has 6 heteroatoms. The molecule has 1 aromatic heterocycles. The number of carbonyl (C=O) groups is 1. The van der Waals surface area contributed by atoms with Crippen LogP contribution in [0.1, 0.15) is 17.4 Å². The summed E-state index contributed by atoms with van der Waals surface area (Å²) in [7, 11) is 1.55. The summed E-state index contributed by atoms with van der Waals surface area (Å²) in [6.07, 6.45) is 1.40. The highest BCUT2D eigenvalue weighted by atomic mass is 35.5. The number of nitrogens with zero attached hydrogens (tertiary/aromatic N) is 2. The molecule has 0 fully saturated rings. The molecule has 0 unspecified atom stereocenters. The Morgan fingerprint density at radius 1 is 1.45 bits per heavy atom. The summed E-state index contributed by atoms with van der Waals surface area (Å²) in [6, 6.07) is 8.66. The molecule has 0 N–H and O–H groups in total. The van der Waals surface area contributed by atoms with E-state index in [9.17, 15) is 4.79 Å². The Morgan fingerprint density at radius 3 is 3.05 bits per heavy atom. The minimum atomic E-state index is -0.211. The Morgan fingerprint density at radius 2 is 2.27 bits per heavy atom. The molecule has 1 aromatic carbocycles. The highest BCUT2D eigenvalue weighted by Crippen LogP contribution is 2.39. The first-order valence-corrected chi connectivity index (χ1v) is 7.25. The maximum Gasteiger partial charge on any atom is 0.277 e. The smallest absolute Gasteiger partial charge is 0.277 e. The third kappa shape index (κ3) is 2.60. The van der Waals surface area contributed by atoms with Gasteiger partial charge in [-0.05, 0) is 25.1 Å². The summed E-state index contributed by atoms with van der Waals surface area (Å²) in [6.45, 7) is 2.33. The fourth-order valence-corrected chi connectivity index (χ4v) is 2.62. The lowest BCUT2D eigenvalue weighted by Crippen LogP contribution is -2.42. The summed E-state index contributed by atoms with van der Waals surface area (Å²) >= 11 is 6.17. The third-order valence-electron chi connectivity index (χ3n) is 3.43. The van der Waals surface area contributed by atoms with Crippen molar-refractivity contribution >= 4 is 23.2 Å². The molecule has 3 rings (SSSR count). The largest absolute Gasteiger partial charge is 0.497 e. The number of fused-ring (bicyclic) bond motifs is 1. The molecule has 2 heterocycles. The van der Waals surface area contributed by atoms with Gasteiger partial charge >= 0.3 is 0 Å². The molecule has 0 spiro atoms. The van der Waals surface area contributed by atoms with E-state index < -0.39 is 0 Å². The van der Waals surface area contributed by atoms with Crippen LogP contribution in [0.15, 0.2) is 36.5 Å². The van der Waals surface area contributed by atoms with Crippen molar-refractivity contribution in [3.8, 4) is 11.5 Å². The molecule has 0 bridgehead atoms. The molecule has 0 radical (unpaired) electrons. The van der Waals surface area contributed by atoms with Crippen molar-refractivity contribution in [1.82, 2.24) is 4.98 Å². The summed E-state index contributed by atoms with van der Waals surface area (Å²) in [5, 5.41) is 0.487. The molecule has 22 heavy (non-hydrogen) atoms. The van der Waals surface area contributed by atoms with Gasteiger partial charge in [-0.25, -0.2) is 0 Å². The van der Waals surface area contributed by atoms with Crippen molar-refractivity contribution < 1.29 is 14.3 Å². The van der Waals surface area contributed by atoms with Crippen LogP contribution in [-0.2, 0) is 0 Å². The molecule has 1 aliphatic rings. The second-order valence-electron chi connectivity index (χ2n) is 5.01. The average Bonchev–Trinajstić information content (AvgIpc) is 2.54. The number of aromatic nitrogens is 1. The molecule has 5 nitrogen and oxygen atoms in total. The van der Waals surface area contributed by atoms with Gasteiger partial charge in [-0.3, -0.25) is 14.7 Å². The normalized spacial score (nSPS) is 16.7. The van der Waals surface area contributed by atoms with Crippen molar-refractivity contribution in [2.24, 2.45) is 0 Å². The van der Waals surface area contributed by atoms with Crippen molar-refractivity contribution in [2.45, 2.75) is 13.0 Å². The zero-order chi connectivity index (χ0) is 15.7. The summed E-state index contributed by atoms with van der Waals surface area (Å²) in [5.41, 5.74) is 0.972. The Kier molecular flexibility index (Phi) is 3.90. The predicted octanol–water partition coefficient (Wildman–Crippen LogP) is 3.17. The molecule has 114 valence electrons. The van der Waals surface area contributed by atoms with Gasteiger partial charge in [0, 0.05) is 12.3 Å². The molecule has 1 aliphatic heterocycles. The van der Waals surface area contributed by atoms with Crippen molar-refractivity contribution in [3.63, 3.8) is 0 Å². The maximum absolute atomic E-state index is 12.8. The second kappa shape index (κ2) is 5.85. The zero-order valence-corrected chi connectivity index (χ0v) is 13.0. The number of hydrogen-bond donors (Lipinski definition) is 0. The molecule has 2 aromatic rings. The van der Waals surface area contributed by atoms with Gasteiger partial charge in [0.2, 0.25) is 0 Å². The van der Waals surface area contributed by atoms with Crippen molar-refractivity contribution in [2.75, 3.05) is 18.6 Å². The van der Waals surface area contributed by atoms with Gasteiger partial charge in [-0.1, -0.05) is 17.7 Å². The number of carbonyl (C=O) groups excluding carboxylic acids is 1. The number of pyridine rings is 1. The van der Waals surface area contributed by atoms with Crippen LogP contribution in [0.3, 0.4) is 0 Å². The van der Waals surface area contributed by atoms with Crippen molar-refractivity contribution in [1.29, 1.82) is 0 Å². The predicted molar refractivity (Wildman–Crippen MR) is 84.0 cm³/mol. The van der Waals surface area contributed by atoms with Gasteiger partial charge < -0.3 is 9.47 Å². The lowest BCUT2D eigenvalue weighted by molar-refractivity contribution is 0.0956. The Bertz CT molecular complexity index is 720. The maximum atomic E-state index is 12.8. The van der Waals surface area contributed by atoms with Crippen LogP contribution in [0, 0.1) is 0 Å². The van der Waals surface area contributed by atoms with E-state index in [4.69, 9.17) is 21.1 Å². The number of anilines is 1. The zero-order valence-electron chi connectivity index (χ0n) is 12.2. The van der Waals surface area contributed by atoms with E-state index in [0.29, 0.717) is 34.4 Å². The van der Waals surface area contributed by atoms with Crippen LogP contribution in [-0.4, -0.2) is 30.6 Å². The Hall–Kier alpha value is -2.27. The van der Waals surface area contributed by atoms with Crippen LogP contribution in [0.5, 0.6) is 11.5 Å². The minimum absolute atomic E-state index is 0.151. The first-order valence-electron chi connectivity index (χ1n) is 6.87. The number of ether oxygens (including phenoxy) is 2. The first-order chi connectivity index (χ1) is 10.6. The molecular formula is C16H15ClN2O3. The average molecular weight is 319 g/mol. The molecular weight excluding hydrogens is 304 g/mol. The number of rotatable bonds is 2. The first kappa shape index (κ1) is 14.7. The van der Waals surface area contributed by atoms with Crippen molar-refractivity contribution in [3.05, 3.63) is 47.2 Å². The van der Waals surface area contributed by atoms with Crippen LogP contribution in [0.4, 0.5) is 5.69 Å². The van der Waals surface area contributed by atoms with Gasteiger partial charge in [0.25, 0.3) is 5.91 Å². The highest BCUT2D eigenvalue weighted by molar-refractivity contribution is 6.32. The van der Waals surface area contributed by atoms with E-state index >= 15 is 0 Å². The van der Waals surface area contributed by atoms with E-state index in [1.807, 2.05) is 13.0 Å². The second-order valence-corrected chi connectivity index (χ2v) is 5.42. The Labute approximate surface area is 133 Å². The molecule has 0 saturated heterocycles. The molecule has 1 atom stereocenters. The Balaban J connectivity index is 2.01. The minimum Gasteiger partial charge on any atom is -0.497 e. The lowest BCUT2D eigenvalue weighted by Gasteiger charge is -2.33. The molecule has 0 saturated carbocycles. The highest BCUT2D eigenvalue weighted by Gasteiger charge is 2.30. The topological polar surface area (TPSA) is 51.7 Å². The number of halogens is 1. The molecule has 1 amide bonds.